The highest BCUT2D eigenvalue weighted by Crippen LogP contribution is 2.38. The van der Waals surface area contributed by atoms with E-state index in [1.807, 2.05) is 45.0 Å². The Morgan fingerprint density at radius 3 is 2.62 bits per heavy atom. The van der Waals surface area contributed by atoms with Crippen LogP contribution in [0.4, 0.5) is 10.5 Å². The molecule has 1 aromatic rings. The number of benzene rings is 1. The van der Waals surface area contributed by atoms with Crippen LogP contribution in [0.3, 0.4) is 0 Å². The van der Waals surface area contributed by atoms with Gasteiger partial charge in [-0.15, -0.1) is 0 Å². The summed E-state index contributed by atoms with van der Waals surface area (Å²) < 4.78 is 22.8. The summed E-state index contributed by atoms with van der Waals surface area (Å²) in [6.45, 7) is 5.97. The molecule has 2 aliphatic heterocycles. The molecule has 1 aromatic carbocycles. The van der Waals surface area contributed by atoms with Crippen LogP contribution in [-0.2, 0) is 18.9 Å². The van der Waals surface area contributed by atoms with E-state index in [2.05, 4.69) is 10.6 Å². The molecule has 2 amide bonds. The highest BCUT2D eigenvalue weighted by atomic mass is 16.8. The lowest BCUT2D eigenvalue weighted by molar-refractivity contribution is -0.215. The second-order valence-electron chi connectivity index (χ2n) is 6.54. The minimum absolute atomic E-state index is 0.294. The minimum atomic E-state index is -0.687. The van der Waals surface area contributed by atoms with Crippen molar-refractivity contribution in [2.45, 2.75) is 51.2 Å². The fourth-order valence-electron chi connectivity index (χ4n) is 3.00. The lowest BCUT2D eigenvalue weighted by Gasteiger charge is -2.25. The van der Waals surface area contributed by atoms with Crippen molar-refractivity contribution >= 4 is 11.7 Å². The van der Waals surface area contributed by atoms with Gasteiger partial charge in [0.2, 0.25) is 0 Å². The predicted octanol–water partition coefficient (Wildman–Crippen LogP) is 2.01. The van der Waals surface area contributed by atoms with E-state index in [0.29, 0.717) is 6.54 Å². The number of methoxy groups -OCH3 is 1. The first-order valence-corrected chi connectivity index (χ1v) is 8.03. The number of nitrogens with one attached hydrogen (secondary N) is 2. The number of amides is 2. The second kappa shape index (κ2) is 6.68. The molecule has 0 bridgehead atoms. The summed E-state index contributed by atoms with van der Waals surface area (Å²) in [5.74, 6) is -0.687. The topological polar surface area (TPSA) is 78.1 Å². The van der Waals surface area contributed by atoms with Gasteiger partial charge in [0.25, 0.3) is 0 Å². The molecule has 0 saturated carbocycles. The smallest absolute Gasteiger partial charge is 0.319 e. The Morgan fingerprint density at radius 1 is 1.25 bits per heavy atom. The van der Waals surface area contributed by atoms with Gasteiger partial charge in [-0.25, -0.2) is 4.79 Å². The Kier molecular flexibility index (Phi) is 4.78. The number of rotatable bonds is 4. The van der Waals surface area contributed by atoms with E-state index >= 15 is 0 Å². The van der Waals surface area contributed by atoms with Crippen LogP contribution >= 0.6 is 0 Å². The SMILES string of the molecule is CO[C@@H]1[C@H]2OC(C)(C)O[C@H]2O[C@@H]1CNC(=O)Nc1ccc(C)cc1. The summed E-state index contributed by atoms with van der Waals surface area (Å²) in [5.41, 5.74) is 1.87. The Hall–Kier alpha value is -1.67. The maximum Gasteiger partial charge on any atom is 0.319 e. The van der Waals surface area contributed by atoms with Gasteiger partial charge in [0.15, 0.2) is 12.1 Å². The van der Waals surface area contributed by atoms with Gasteiger partial charge in [0, 0.05) is 19.3 Å². The van der Waals surface area contributed by atoms with Gasteiger partial charge < -0.3 is 29.6 Å². The Bertz CT molecular complexity index is 589. The molecule has 4 atom stereocenters. The zero-order chi connectivity index (χ0) is 17.3. The van der Waals surface area contributed by atoms with Crippen LogP contribution in [0.1, 0.15) is 19.4 Å². The summed E-state index contributed by atoms with van der Waals surface area (Å²) in [6, 6.07) is 7.29. The van der Waals surface area contributed by atoms with Crippen LogP contribution in [0.5, 0.6) is 0 Å². The van der Waals surface area contributed by atoms with Crippen molar-refractivity contribution in [1.82, 2.24) is 5.32 Å². The van der Waals surface area contributed by atoms with Crippen molar-refractivity contribution in [3.05, 3.63) is 29.8 Å². The summed E-state index contributed by atoms with van der Waals surface area (Å²) in [6.07, 6.45) is -1.39. The van der Waals surface area contributed by atoms with Gasteiger partial charge in [-0.1, -0.05) is 17.7 Å². The number of aryl methyl sites for hydroxylation is 1. The summed E-state index contributed by atoms with van der Waals surface area (Å²) in [4.78, 5) is 12.0. The van der Waals surface area contributed by atoms with Gasteiger partial charge in [-0.05, 0) is 32.9 Å². The van der Waals surface area contributed by atoms with Crippen molar-refractivity contribution in [3.63, 3.8) is 0 Å². The van der Waals surface area contributed by atoms with Crippen LogP contribution in [0.2, 0.25) is 0 Å². The van der Waals surface area contributed by atoms with E-state index in [0.717, 1.165) is 11.3 Å². The van der Waals surface area contributed by atoms with Gasteiger partial charge >= 0.3 is 6.03 Å². The molecule has 0 aliphatic carbocycles. The lowest BCUT2D eigenvalue weighted by atomic mass is 10.1. The molecule has 3 rings (SSSR count). The third kappa shape index (κ3) is 3.70. The molecule has 2 aliphatic rings. The number of hydrogen-bond acceptors (Lipinski definition) is 5. The normalized spacial score (nSPS) is 30.8. The van der Waals surface area contributed by atoms with Gasteiger partial charge in [-0.2, -0.15) is 0 Å². The number of fused-ring (bicyclic) bond motifs is 1. The van der Waals surface area contributed by atoms with Gasteiger partial charge in [0.05, 0.1) is 0 Å². The first-order chi connectivity index (χ1) is 11.4. The summed E-state index contributed by atoms with van der Waals surface area (Å²) >= 11 is 0. The number of carbonyl (C=O) groups excluding carboxylic acids is 1. The van der Waals surface area contributed by atoms with E-state index in [4.69, 9.17) is 18.9 Å². The molecule has 0 unspecified atom stereocenters. The summed E-state index contributed by atoms with van der Waals surface area (Å²) in [7, 11) is 1.60. The largest absolute Gasteiger partial charge is 0.376 e. The van der Waals surface area contributed by atoms with Crippen molar-refractivity contribution in [3.8, 4) is 0 Å². The van der Waals surface area contributed by atoms with Crippen LogP contribution in [-0.4, -0.2) is 50.1 Å². The first-order valence-electron chi connectivity index (χ1n) is 8.03. The molecule has 132 valence electrons. The third-order valence-electron chi connectivity index (χ3n) is 4.13. The van der Waals surface area contributed by atoms with E-state index in [1.165, 1.54) is 0 Å². The molecular formula is C17H24N2O5. The highest BCUT2D eigenvalue weighted by molar-refractivity contribution is 5.89. The summed E-state index contributed by atoms with van der Waals surface area (Å²) in [5, 5.41) is 5.58. The lowest BCUT2D eigenvalue weighted by Crippen LogP contribution is -2.43. The van der Waals surface area contributed by atoms with Crippen LogP contribution in [0.25, 0.3) is 0 Å². The van der Waals surface area contributed by atoms with E-state index in [1.54, 1.807) is 7.11 Å². The number of urea groups is 1. The number of ether oxygens (including phenoxy) is 4. The Balaban J connectivity index is 1.51. The standard InChI is InChI=1S/C17H24N2O5/c1-10-5-7-11(8-6-10)19-16(20)18-9-12-13(21-4)14-15(22-12)24-17(2,3)23-14/h5-8,12-15H,9H2,1-4H3,(H2,18,19,20)/t12-,13+,14-,15-/m1/s1. The van der Waals surface area contributed by atoms with Crippen molar-refractivity contribution in [1.29, 1.82) is 0 Å². The van der Waals surface area contributed by atoms with E-state index in [-0.39, 0.29) is 24.3 Å². The molecule has 2 saturated heterocycles. The van der Waals surface area contributed by atoms with E-state index < -0.39 is 12.1 Å². The molecule has 2 N–H and O–H groups in total. The molecule has 0 radical (unpaired) electrons. The number of hydrogen-bond donors (Lipinski definition) is 2. The monoisotopic (exact) mass is 336 g/mol. The van der Waals surface area contributed by atoms with Gasteiger partial charge in [0.1, 0.15) is 18.3 Å². The average Bonchev–Trinajstić information content (AvgIpc) is 2.98. The average molecular weight is 336 g/mol. The third-order valence-corrected chi connectivity index (χ3v) is 4.13. The maximum absolute atomic E-state index is 12.0. The zero-order valence-electron chi connectivity index (χ0n) is 14.4. The van der Waals surface area contributed by atoms with Crippen LogP contribution in [0, 0.1) is 6.92 Å². The van der Waals surface area contributed by atoms with Crippen molar-refractivity contribution < 1.29 is 23.7 Å². The molecule has 24 heavy (non-hydrogen) atoms. The van der Waals surface area contributed by atoms with Crippen LogP contribution in [0.15, 0.2) is 24.3 Å². The molecule has 2 heterocycles. The quantitative estimate of drug-likeness (QED) is 0.879. The second-order valence-corrected chi connectivity index (χ2v) is 6.54. The minimum Gasteiger partial charge on any atom is -0.376 e. The highest BCUT2D eigenvalue weighted by Gasteiger charge is 2.55. The number of carbonyl (C=O) groups is 1. The van der Waals surface area contributed by atoms with E-state index in [9.17, 15) is 4.79 Å². The fourth-order valence-corrected chi connectivity index (χ4v) is 3.00. The Labute approximate surface area is 141 Å². The maximum atomic E-state index is 12.0. The number of anilines is 1. The fraction of sp³-hybridized carbons (Fsp3) is 0.588. The first kappa shape index (κ1) is 17.2. The molecule has 0 spiro atoms. The molecule has 2 fully saturated rings. The van der Waals surface area contributed by atoms with Gasteiger partial charge in [-0.3, -0.25) is 0 Å². The van der Waals surface area contributed by atoms with Crippen molar-refractivity contribution in [2.24, 2.45) is 0 Å². The molecule has 0 aromatic heterocycles. The predicted molar refractivity (Wildman–Crippen MR) is 87.7 cm³/mol. The molecule has 7 nitrogen and oxygen atoms in total. The Morgan fingerprint density at radius 2 is 1.96 bits per heavy atom. The zero-order valence-corrected chi connectivity index (χ0v) is 14.4. The van der Waals surface area contributed by atoms with Crippen molar-refractivity contribution in [2.75, 3.05) is 19.0 Å². The molecular weight excluding hydrogens is 312 g/mol. The van der Waals surface area contributed by atoms with Crippen LogP contribution < -0.4 is 10.6 Å². The molecule has 7 heteroatoms.